The Morgan fingerprint density at radius 2 is 1.91 bits per heavy atom. The van der Waals surface area contributed by atoms with E-state index in [1.54, 1.807) is 0 Å². The van der Waals surface area contributed by atoms with E-state index >= 15 is 0 Å². The number of nitrogens with zero attached hydrogens (tertiary/aromatic N) is 1. The van der Waals surface area contributed by atoms with E-state index in [-0.39, 0.29) is 5.56 Å². The van der Waals surface area contributed by atoms with Crippen LogP contribution in [0.25, 0.3) is 10.9 Å². The van der Waals surface area contributed by atoms with Gasteiger partial charge in [0.2, 0.25) is 0 Å². The zero-order chi connectivity index (χ0) is 16.1. The van der Waals surface area contributed by atoms with E-state index in [9.17, 15) is 4.79 Å². The van der Waals surface area contributed by atoms with Crippen molar-refractivity contribution < 1.29 is 0 Å². The van der Waals surface area contributed by atoms with Gasteiger partial charge < -0.3 is 15.2 Å². The molecule has 0 radical (unpaired) electrons. The maximum Gasteiger partial charge on any atom is 0.252 e. The molecule has 0 aliphatic heterocycles. The van der Waals surface area contributed by atoms with Crippen molar-refractivity contribution >= 4 is 10.9 Å². The standard InChI is InChI=1S/C18H27N3O/c1-5-21(6-2)10-9-19-12-16-11-15-8-7-13(3)14(4)17(15)20-18(16)22/h7-8,11,19H,5-6,9-10,12H2,1-4H3,(H,20,22). The lowest BCUT2D eigenvalue weighted by atomic mass is 10.0. The van der Waals surface area contributed by atoms with Gasteiger partial charge in [0, 0.05) is 25.2 Å². The smallest absolute Gasteiger partial charge is 0.252 e. The van der Waals surface area contributed by atoms with E-state index in [4.69, 9.17) is 0 Å². The fraction of sp³-hybridized carbons (Fsp3) is 0.500. The third-order valence-electron chi connectivity index (χ3n) is 4.44. The molecule has 1 aromatic heterocycles. The van der Waals surface area contributed by atoms with Crippen LogP contribution in [-0.4, -0.2) is 36.1 Å². The number of nitrogens with one attached hydrogen (secondary N) is 2. The van der Waals surface area contributed by atoms with Crippen LogP contribution in [0.5, 0.6) is 0 Å². The lowest BCUT2D eigenvalue weighted by Gasteiger charge is -2.18. The van der Waals surface area contributed by atoms with Gasteiger partial charge in [-0.1, -0.05) is 26.0 Å². The minimum atomic E-state index is 0.0107. The third kappa shape index (κ3) is 3.76. The Balaban J connectivity index is 2.08. The van der Waals surface area contributed by atoms with Gasteiger partial charge in [-0.15, -0.1) is 0 Å². The number of rotatable bonds is 7. The van der Waals surface area contributed by atoms with Crippen molar-refractivity contribution in [2.75, 3.05) is 26.2 Å². The number of hydrogen-bond acceptors (Lipinski definition) is 3. The van der Waals surface area contributed by atoms with Crippen LogP contribution in [0.2, 0.25) is 0 Å². The van der Waals surface area contributed by atoms with E-state index in [1.807, 2.05) is 6.07 Å². The van der Waals surface area contributed by atoms with Gasteiger partial charge in [-0.25, -0.2) is 0 Å². The molecule has 0 bridgehead atoms. The fourth-order valence-electron chi connectivity index (χ4n) is 2.70. The first-order chi connectivity index (χ1) is 10.6. The summed E-state index contributed by atoms with van der Waals surface area (Å²) in [6, 6.07) is 6.19. The maximum absolute atomic E-state index is 12.2. The first-order valence-corrected chi connectivity index (χ1v) is 8.12. The number of fused-ring (bicyclic) bond motifs is 1. The minimum Gasteiger partial charge on any atom is -0.321 e. The first-order valence-electron chi connectivity index (χ1n) is 8.12. The van der Waals surface area contributed by atoms with Crippen LogP contribution in [0, 0.1) is 13.8 Å². The molecule has 22 heavy (non-hydrogen) atoms. The number of pyridine rings is 1. The van der Waals surface area contributed by atoms with Crippen LogP contribution in [0.1, 0.15) is 30.5 Å². The summed E-state index contributed by atoms with van der Waals surface area (Å²) in [7, 11) is 0. The summed E-state index contributed by atoms with van der Waals surface area (Å²) in [6.07, 6.45) is 0. The molecule has 0 aliphatic rings. The van der Waals surface area contributed by atoms with Crippen molar-refractivity contribution in [1.29, 1.82) is 0 Å². The summed E-state index contributed by atoms with van der Waals surface area (Å²) in [6.45, 7) is 13.1. The molecule has 0 aliphatic carbocycles. The van der Waals surface area contributed by atoms with Gasteiger partial charge in [0.05, 0.1) is 5.52 Å². The first kappa shape index (κ1) is 16.7. The third-order valence-corrected chi connectivity index (χ3v) is 4.44. The van der Waals surface area contributed by atoms with Crippen LogP contribution >= 0.6 is 0 Å². The molecule has 4 nitrogen and oxygen atoms in total. The molecule has 2 rings (SSSR count). The molecule has 0 fully saturated rings. The lowest BCUT2D eigenvalue weighted by molar-refractivity contribution is 0.302. The van der Waals surface area contributed by atoms with Crippen LogP contribution < -0.4 is 10.9 Å². The number of benzene rings is 1. The fourth-order valence-corrected chi connectivity index (χ4v) is 2.70. The van der Waals surface area contributed by atoms with Gasteiger partial charge in [-0.05, 0) is 49.5 Å². The molecule has 2 N–H and O–H groups in total. The highest BCUT2D eigenvalue weighted by molar-refractivity contribution is 5.83. The molecular weight excluding hydrogens is 274 g/mol. The van der Waals surface area contributed by atoms with Gasteiger partial charge in [0.1, 0.15) is 0 Å². The number of H-pyrrole nitrogens is 1. The largest absolute Gasteiger partial charge is 0.321 e. The van der Waals surface area contributed by atoms with Gasteiger partial charge in [-0.2, -0.15) is 0 Å². The SMILES string of the molecule is CCN(CC)CCNCc1cc2ccc(C)c(C)c2[nH]c1=O. The predicted octanol–water partition coefficient (Wildman–Crippen LogP) is 2.58. The highest BCUT2D eigenvalue weighted by Crippen LogP contribution is 2.18. The molecule has 2 aromatic rings. The highest BCUT2D eigenvalue weighted by atomic mass is 16.1. The molecule has 0 saturated heterocycles. The summed E-state index contributed by atoms with van der Waals surface area (Å²) in [5, 5.41) is 4.47. The normalized spacial score (nSPS) is 11.5. The Hall–Kier alpha value is -1.65. The van der Waals surface area contributed by atoms with Crippen molar-refractivity contribution in [3.8, 4) is 0 Å². The van der Waals surface area contributed by atoms with Crippen LogP contribution in [0.3, 0.4) is 0 Å². The van der Waals surface area contributed by atoms with Crippen molar-refractivity contribution in [3.05, 3.63) is 45.2 Å². The van der Waals surface area contributed by atoms with Crippen LogP contribution in [-0.2, 0) is 6.54 Å². The monoisotopic (exact) mass is 301 g/mol. The topological polar surface area (TPSA) is 48.1 Å². The summed E-state index contributed by atoms with van der Waals surface area (Å²) >= 11 is 0. The van der Waals surface area contributed by atoms with Crippen molar-refractivity contribution in [1.82, 2.24) is 15.2 Å². The second-order valence-corrected chi connectivity index (χ2v) is 5.80. The molecule has 4 heteroatoms. The summed E-state index contributed by atoms with van der Waals surface area (Å²) in [5.41, 5.74) is 4.12. The maximum atomic E-state index is 12.2. The minimum absolute atomic E-state index is 0.0107. The van der Waals surface area contributed by atoms with E-state index in [0.717, 1.165) is 48.2 Å². The van der Waals surface area contributed by atoms with Crippen LogP contribution in [0.4, 0.5) is 0 Å². The molecule has 0 amide bonds. The Labute approximate surface area is 132 Å². The summed E-state index contributed by atoms with van der Waals surface area (Å²) in [5.74, 6) is 0. The number of hydrogen-bond donors (Lipinski definition) is 2. The summed E-state index contributed by atoms with van der Waals surface area (Å²) < 4.78 is 0. The highest BCUT2D eigenvalue weighted by Gasteiger charge is 2.06. The molecule has 1 heterocycles. The van der Waals surface area contributed by atoms with E-state index in [1.165, 1.54) is 5.56 Å². The molecular formula is C18H27N3O. The van der Waals surface area contributed by atoms with E-state index in [0.29, 0.717) is 6.54 Å². The van der Waals surface area contributed by atoms with Gasteiger partial charge in [0.15, 0.2) is 0 Å². The Morgan fingerprint density at radius 1 is 1.18 bits per heavy atom. The van der Waals surface area contributed by atoms with Crippen molar-refractivity contribution in [2.45, 2.75) is 34.2 Å². The second-order valence-electron chi connectivity index (χ2n) is 5.80. The molecule has 1 aromatic carbocycles. The second kappa shape index (κ2) is 7.56. The van der Waals surface area contributed by atoms with Gasteiger partial charge >= 0.3 is 0 Å². The average molecular weight is 301 g/mol. The van der Waals surface area contributed by atoms with Gasteiger partial charge in [-0.3, -0.25) is 4.79 Å². The number of aromatic nitrogens is 1. The quantitative estimate of drug-likeness (QED) is 0.773. The number of aryl methyl sites for hydroxylation is 2. The van der Waals surface area contributed by atoms with Crippen molar-refractivity contribution in [2.24, 2.45) is 0 Å². The van der Waals surface area contributed by atoms with Gasteiger partial charge in [0.25, 0.3) is 5.56 Å². The van der Waals surface area contributed by atoms with Crippen LogP contribution in [0.15, 0.2) is 23.0 Å². The zero-order valence-corrected chi connectivity index (χ0v) is 14.1. The molecule has 0 unspecified atom stereocenters. The molecule has 0 atom stereocenters. The molecule has 0 spiro atoms. The van der Waals surface area contributed by atoms with E-state index in [2.05, 4.69) is 55.0 Å². The molecule has 120 valence electrons. The summed E-state index contributed by atoms with van der Waals surface area (Å²) in [4.78, 5) is 17.6. The Bertz CT molecular complexity index is 687. The zero-order valence-electron chi connectivity index (χ0n) is 14.1. The van der Waals surface area contributed by atoms with Crippen molar-refractivity contribution in [3.63, 3.8) is 0 Å². The Kier molecular flexibility index (Phi) is 5.75. The average Bonchev–Trinajstić information content (AvgIpc) is 2.52. The number of aromatic amines is 1. The number of likely N-dealkylation sites (N-methyl/N-ethyl adjacent to an activating group) is 1. The molecule has 0 saturated carbocycles. The Morgan fingerprint density at radius 3 is 2.59 bits per heavy atom. The lowest BCUT2D eigenvalue weighted by Crippen LogP contribution is -2.32. The predicted molar refractivity (Wildman–Crippen MR) is 93.5 cm³/mol. The van der Waals surface area contributed by atoms with E-state index < -0.39 is 0 Å².